The largest absolute Gasteiger partial charge is 0.545 e. The van der Waals surface area contributed by atoms with E-state index in [0.717, 1.165) is 57.8 Å². The van der Waals surface area contributed by atoms with Crippen LogP contribution in [0.4, 0.5) is 0 Å². The van der Waals surface area contributed by atoms with Crippen molar-refractivity contribution in [2.45, 2.75) is 135 Å². The standard InChI is InChI=1S/C33H61NO8/c1-6-8-10-12-14-15-16-18-20-22-24-31(36)42-29(27-40-30(35)23-21-19-17-13-11-9-7-2)28-41-33(32(37)38)39-26-25-34(3,4)5/h10,12,29,33H,6-9,11,13-28H2,1-5H3/b12-10-. The van der Waals surface area contributed by atoms with Crippen LogP contribution in [0.3, 0.4) is 0 Å². The molecule has 9 nitrogen and oxygen atoms in total. The molecule has 0 fully saturated rings. The number of hydrogen-bond acceptors (Lipinski definition) is 8. The molecule has 0 spiro atoms. The molecule has 2 unspecified atom stereocenters. The number of carbonyl (C=O) groups is 3. The van der Waals surface area contributed by atoms with Crippen LogP contribution in [0.5, 0.6) is 0 Å². The molecule has 0 aliphatic rings. The van der Waals surface area contributed by atoms with Gasteiger partial charge in [-0.1, -0.05) is 90.2 Å². The van der Waals surface area contributed by atoms with Crippen molar-refractivity contribution in [3.8, 4) is 0 Å². The summed E-state index contributed by atoms with van der Waals surface area (Å²) in [4.78, 5) is 36.3. The van der Waals surface area contributed by atoms with E-state index in [1.807, 2.05) is 21.1 Å². The zero-order valence-corrected chi connectivity index (χ0v) is 27.4. The van der Waals surface area contributed by atoms with Crippen LogP contribution >= 0.6 is 0 Å². The second-order valence-corrected chi connectivity index (χ2v) is 12.1. The highest BCUT2D eigenvalue weighted by molar-refractivity contribution is 5.70. The van der Waals surface area contributed by atoms with Crippen molar-refractivity contribution in [3.05, 3.63) is 12.2 Å². The quantitative estimate of drug-likeness (QED) is 0.0365. The first-order valence-corrected chi connectivity index (χ1v) is 16.3. The van der Waals surface area contributed by atoms with Crippen molar-refractivity contribution in [1.82, 2.24) is 0 Å². The topological polar surface area (TPSA) is 111 Å². The number of carboxylic acids is 1. The Morgan fingerprint density at radius 3 is 1.86 bits per heavy atom. The minimum absolute atomic E-state index is 0.148. The number of carbonyl (C=O) groups excluding carboxylic acids is 3. The summed E-state index contributed by atoms with van der Waals surface area (Å²) in [5, 5.41) is 11.5. The van der Waals surface area contributed by atoms with E-state index in [-0.39, 0.29) is 32.2 Å². The molecule has 0 aliphatic heterocycles. The summed E-state index contributed by atoms with van der Waals surface area (Å²) in [5.74, 6) is -2.31. The van der Waals surface area contributed by atoms with Crippen molar-refractivity contribution in [2.24, 2.45) is 0 Å². The highest BCUT2D eigenvalue weighted by Crippen LogP contribution is 2.12. The Morgan fingerprint density at radius 1 is 0.690 bits per heavy atom. The van der Waals surface area contributed by atoms with E-state index in [0.29, 0.717) is 23.9 Å². The van der Waals surface area contributed by atoms with Gasteiger partial charge in [0.25, 0.3) is 0 Å². The van der Waals surface area contributed by atoms with Gasteiger partial charge in [0.15, 0.2) is 12.4 Å². The van der Waals surface area contributed by atoms with E-state index in [4.69, 9.17) is 18.9 Å². The third kappa shape index (κ3) is 26.9. The van der Waals surface area contributed by atoms with Gasteiger partial charge in [-0.25, -0.2) is 0 Å². The summed E-state index contributed by atoms with van der Waals surface area (Å²) >= 11 is 0. The molecule has 0 saturated carbocycles. The summed E-state index contributed by atoms with van der Waals surface area (Å²) in [6.07, 6.45) is 18.4. The van der Waals surface area contributed by atoms with E-state index in [1.54, 1.807) is 0 Å². The summed E-state index contributed by atoms with van der Waals surface area (Å²) in [6.45, 7) is 4.57. The maximum atomic E-state index is 12.5. The average molecular weight is 600 g/mol. The zero-order chi connectivity index (χ0) is 31.5. The van der Waals surface area contributed by atoms with Crippen LogP contribution in [0.25, 0.3) is 0 Å². The molecule has 42 heavy (non-hydrogen) atoms. The fourth-order valence-electron chi connectivity index (χ4n) is 4.12. The number of carboxylic acid groups (broad SMARTS) is 1. The monoisotopic (exact) mass is 599 g/mol. The van der Waals surface area contributed by atoms with E-state index >= 15 is 0 Å². The molecule has 0 rings (SSSR count). The third-order valence-corrected chi connectivity index (χ3v) is 6.74. The first kappa shape index (κ1) is 40.0. The fraction of sp³-hybridized carbons (Fsp3) is 0.848. The van der Waals surface area contributed by atoms with Gasteiger partial charge in [0.1, 0.15) is 13.2 Å². The maximum absolute atomic E-state index is 12.5. The Hall–Kier alpha value is -1.97. The van der Waals surface area contributed by atoms with Crippen molar-refractivity contribution in [3.63, 3.8) is 0 Å². The van der Waals surface area contributed by atoms with Crippen LogP contribution in [0.15, 0.2) is 12.2 Å². The van der Waals surface area contributed by atoms with Crippen molar-refractivity contribution in [2.75, 3.05) is 47.5 Å². The molecular weight excluding hydrogens is 538 g/mol. The van der Waals surface area contributed by atoms with Gasteiger partial charge in [0, 0.05) is 12.8 Å². The van der Waals surface area contributed by atoms with Crippen molar-refractivity contribution >= 4 is 17.9 Å². The normalized spacial score (nSPS) is 13.3. The number of likely N-dealkylation sites (N-methyl/N-ethyl adjacent to an activating group) is 1. The Morgan fingerprint density at radius 2 is 1.26 bits per heavy atom. The molecule has 0 heterocycles. The molecule has 0 amide bonds. The number of esters is 2. The summed E-state index contributed by atoms with van der Waals surface area (Å²) in [7, 11) is 5.88. The lowest BCUT2D eigenvalue weighted by molar-refractivity contribution is -0.870. The highest BCUT2D eigenvalue weighted by Gasteiger charge is 2.21. The molecule has 0 aliphatic carbocycles. The van der Waals surface area contributed by atoms with Crippen molar-refractivity contribution < 1.29 is 42.9 Å². The first-order chi connectivity index (χ1) is 20.1. The lowest BCUT2D eigenvalue weighted by Gasteiger charge is -2.26. The number of unbranched alkanes of at least 4 members (excludes halogenated alkanes) is 12. The smallest absolute Gasteiger partial charge is 0.306 e. The Labute approximate surface area is 255 Å². The Balaban J connectivity index is 4.65. The van der Waals surface area contributed by atoms with Gasteiger partial charge in [-0.05, 0) is 32.1 Å². The number of ether oxygens (including phenoxy) is 4. The minimum atomic E-state index is -1.61. The molecular formula is C33H61NO8. The van der Waals surface area contributed by atoms with Crippen LogP contribution in [0, 0.1) is 0 Å². The van der Waals surface area contributed by atoms with Crippen LogP contribution in [-0.2, 0) is 33.3 Å². The van der Waals surface area contributed by atoms with E-state index in [9.17, 15) is 19.5 Å². The average Bonchev–Trinajstić information content (AvgIpc) is 2.93. The van der Waals surface area contributed by atoms with Gasteiger partial charge in [0.2, 0.25) is 0 Å². The lowest BCUT2D eigenvalue weighted by Crippen LogP contribution is -2.44. The Bertz CT molecular complexity index is 719. The second kappa shape index (κ2) is 26.6. The predicted octanol–water partition coefficient (Wildman–Crippen LogP) is 5.48. The number of quaternary nitrogens is 1. The van der Waals surface area contributed by atoms with Gasteiger partial charge in [-0.2, -0.15) is 0 Å². The molecule has 9 heteroatoms. The second-order valence-electron chi connectivity index (χ2n) is 12.1. The van der Waals surface area contributed by atoms with Gasteiger partial charge in [0.05, 0.1) is 40.3 Å². The van der Waals surface area contributed by atoms with E-state index in [1.165, 1.54) is 32.1 Å². The third-order valence-electron chi connectivity index (χ3n) is 6.74. The molecule has 0 aromatic rings. The van der Waals surface area contributed by atoms with Crippen LogP contribution < -0.4 is 5.11 Å². The number of nitrogens with zero attached hydrogens (tertiary/aromatic N) is 1. The molecule has 246 valence electrons. The number of hydrogen-bond donors (Lipinski definition) is 0. The summed E-state index contributed by atoms with van der Waals surface area (Å²) < 4.78 is 22.2. The van der Waals surface area contributed by atoms with Gasteiger partial charge < -0.3 is 33.3 Å². The molecule has 0 aromatic carbocycles. The number of rotatable bonds is 29. The minimum Gasteiger partial charge on any atom is -0.545 e. The van der Waals surface area contributed by atoms with Gasteiger partial charge in [-0.15, -0.1) is 0 Å². The molecule has 0 bridgehead atoms. The molecule has 0 aromatic heterocycles. The lowest BCUT2D eigenvalue weighted by atomic mass is 10.1. The van der Waals surface area contributed by atoms with Gasteiger partial charge in [-0.3, -0.25) is 9.59 Å². The van der Waals surface area contributed by atoms with Crippen LogP contribution in [0.2, 0.25) is 0 Å². The van der Waals surface area contributed by atoms with Gasteiger partial charge >= 0.3 is 11.9 Å². The first-order valence-electron chi connectivity index (χ1n) is 16.3. The summed E-state index contributed by atoms with van der Waals surface area (Å²) in [6, 6.07) is 0. The predicted molar refractivity (Wildman–Crippen MR) is 163 cm³/mol. The maximum Gasteiger partial charge on any atom is 0.306 e. The van der Waals surface area contributed by atoms with Crippen LogP contribution in [0.1, 0.15) is 123 Å². The number of allylic oxidation sites excluding steroid dienone is 2. The molecule has 0 radical (unpaired) electrons. The van der Waals surface area contributed by atoms with E-state index in [2.05, 4.69) is 26.0 Å². The zero-order valence-electron chi connectivity index (χ0n) is 27.4. The van der Waals surface area contributed by atoms with Crippen LogP contribution in [-0.4, -0.2) is 82.3 Å². The number of aliphatic carboxylic acids is 1. The summed E-state index contributed by atoms with van der Waals surface area (Å²) in [5.41, 5.74) is 0. The van der Waals surface area contributed by atoms with Crippen molar-refractivity contribution in [1.29, 1.82) is 0 Å². The van der Waals surface area contributed by atoms with E-state index < -0.39 is 24.3 Å². The molecule has 0 N–H and O–H groups in total. The highest BCUT2D eigenvalue weighted by atomic mass is 16.7. The SMILES string of the molecule is CCC/C=C\CCCCCCCC(=O)OC(COC(=O)CCCCCCCCC)COC(OCC[N+](C)(C)C)C(=O)[O-]. The fourth-order valence-corrected chi connectivity index (χ4v) is 4.12. The molecule has 0 saturated heterocycles. The molecule has 2 atom stereocenters. The Kier molecular flexibility index (Phi) is 25.4.